The van der Waals surface area contributed by atoms with E-state index in [0.717, 1.165) is 6.61 Å². The van der Waals surface area contributed by atoms with Gasteiger partial charge in [0.15, 0.2) is 0 Å². The molecule has 4 unspecified atom stereocenters. The predicted octanol–water partition coefficient (Wildman–Crippen LogP) is 1.16. The van der Waals surface area contributed by atoms with Crippen molar-refractivity contribution in [2.45, 2.75) is 25.2 Å². The maximum atomic E-state index is 5.54. The molecule has 2 aliphatic rings. The zero-order valence-electron chi connectivity index (χ0n) is 6.33. The molecule has 2 saturated heterocycles. The van der Waals surface area contributed by atoms with Crippen molar-refractivity contribution in [2.75, 3.05) is 13.2 Å². The van der Waals surface area contributed by atoms with Crippen LogP contribution in [0.3, 0.4) is 0 Å². The van der Waals surface area contributed by atoms with E-state index in [1.165, 1.54) is 0 Å². The third kappa shape index (κ3) is 1.30. The van der Waals surface area contributed by atoms with Gasteiger partial charge in [0.2, 0.25) is 0 Å². The summed E-state index contributed by atoms with van der Waals surface area (Å²) in [5.74, 6) is 0.525. The average molecular weight is 270 g/mol. The summed E-state index contributed by atoms with van der Waals surface area (Å²) in [5.41, 5.74) is 0. The first-order valence-corrected chi connectivity index (χ1v) is 4.71. The summed E-state index contributed by atoms with van der Waals surface area (Å²) in [6, 6.07) is 0. The van der Waals surface area contributed by atoms with E-state index in [9.17, 15) is 0 Å². The molecule has 3 nitrogen and oxygen atoms in total. The Morgan fingerprint density at radius 3 is 2.73 bits per heavy atom. The Hall–Kier alpha value is 0.610. The van der Waals surface area contributed by atoms with Crippen LogP contribution in [0.4, 0.5) is 0 Å². The molecule has 0 aromatic carbocycles. The summed E-state index contributed by atoms with van der Waals surface area (Å²) >= 11 is 1.91. The fourth-order valence-corrected chi connectivity index (χ4v) is 2.17. The van der Waals surface area contributed by atoms with Gasteiger partial charge in [0.25, 0.3) is 0 Å². The van der Waals surface area contributed by atoms with Crippen molar-refractivity contribution < 1.29 is 12.5 Å². The van der Waals surface area contributed by atoms with Gasteiger partial charge in [-0.1, -0.05) is 6.92 Å². The predicted molar refractivity (Wildman–Crippen MR) is 47.5 cm³/mol. The Labute approximate surface area is 80.1 Å². The number of rotatable bonds is 1. The first-order valence-electron chi connectivity index (χ1n) is 3.83. The lowest BCUT2D eigenvalue weighted by Gasteiger charge is -2.12. The molecule has 64 valence electrons. The summed E-state index contributed by atoms with van der Waals surface area (Å²) in [5, 5.41) is 0. The van der Waals surface area contributed by atoms with E-state index in [0.29, 0.717) is 12.5 Å². The lowest BCUT2D eigenvalue weighted by atomic mass is 10.0. The van der Waals surface area contributed by atoms with Gasteiger partial charge >= 0.3 is 0 Å². The van der Waals surface area contributed by atoms with E-state index < -0.39 is 0 Å². The van der Waals surface area contributed by atoms with Crippen molar-refractivity contribution in [3.63, 3.8) is 0 Å². The molecule has 2 aliphatic heterocycles. The molecule has 2 fully saturated rings. The zero-order chi connectivity index (χ0) is 7.84. The number of hydrogen-bond acceptors (Lipinski definition) is 3. The third-order valence-corrected chi connectivity index (χ3v) is 3.02. The highest BCUT2D eigenvalue weighted by molar-refractivity contribution is 14.1. The maximum Gasteiger partial charge on any atom is 0.122 e. The van der Waals surface area contributed by atoms with Crippen molar-refractivity contribution in [3.05, 3.63) is 0 Å². The maximum absolute atomic E-state index is 5.54. The lowest BCUT2D eigenvalue weighted by Crippen LogP contribution is -2.28. The molecule has 0 N–H and O–H groups in total. The van der Waals surface area contributed by atoms with Gasteiger partial charge in [-0.25, -0.2) is 0 Å². The smallest absolute Gasteiger partial charge is 0.122 e. The van der Waals surface area contributed by atoms with E-state index in [-0.39, 0.29) is 18.3 Å². The van der Waals surface area contributed by atoms with Crippen LogP contribution < -0.4 is 0 Å². The number of ether oxygens (including phenoxy) is 2. The Kier molecular flexibility index (Phi) is 2.36. The van der Waals surface area contributed by atoms with E-state index in [1.54, 1.807) is 0 Å². The minimum absolute atomic E-state index is 0.144. The first kappa shape index (κ1) is 8.22. The van der Waals surface area contributed by atoms with Crippen molar-refractivity contribution in [3.8, 4) is 0 Å². The van der Waals surface area contributed by atoms with Gasteiger partial charge in [0.05, 0.1) is 19.3 Å². The molecule has 0 radical (unpaired) electrons. The Bertz CT molecular complexity index is 153. The highest BCUT2D eigenvalue weighted by Gasteiger charge is 2.46. The first-order chi connectivity index (χ1) is 5.33. The molecule has 0 aliphatic carbocycles. The third-order valence-electron chi connectivity index (χ3n) is 2.37. The molecular weight excluding hydrogens is 259 g/mol. The summed E-state index contributed by atoms with van der Waals surface area (Å²) < 4.78 is 16.3. The highest BCUT2D eigenvalue weighted by Crippen LogP contribution is 2.32. The lowest BCUT2D eigenvalue weighted by molar-refractivity contribution is 0.0469. The second-order valence-corrected chi connectivity index (χ2v) is 3.71. The van der Waals surface area contributed by atoms with Crippen LogP contribution in [0.1, 0.15) is 6.92 Å². The fourth-order valence-electron chi connectivity index (χ4n) is 1.73. The van der Waals surface area contributed by atoms with Gasteiger partial charge in [-0.05, 0) is 0 Å². The molecule has 2 rings (SSSR count). The quantitative estimate of drug-likeness (QED) is 0.669. The van der Waals surface area contributed by atoms with Gasteiger partial charge in [0.1, 0.15) is 35.2 Å². The monoisotopic (exact) mass is 270 g/mol. The minimum Gasteiger partial charge on any atom is -0.372 e. The Balaban J connectivity index is 2.04. The van der Waals surface area contributed by atoms with Crippen LogP contribution in [0, 0.1) is 5.92 Å². The Morgan fingerprint density at radius 1 is 1.27 bits per heavy atom. The van der Waals surface area contributed by atoms with Crippen LogP contribution in [0.2, 0.25) is 0 Å². The van der Waals surface area contributed by atoms with Gasteiger partial charge in [-0.15, -0.1) is 0 Å². The standard InChI is InChI=1S/C7H11IO3/c1-4-2-9-7-5(11-8)3-10-6(4)7/h4-7H,2-3H2,1H3. The number of halogens is 1. The van der Waals surface area contributed by atoms with Gasteiger partial charge in [0, 0.05) is 5.92 Å². The molecule has 0 aromatic heterocycles. The second kappa shape index (κ2) is 3.16. The van der Waals surface area contributed by atoms with Crippen molar-refractivity contribution in [1.29, 1.82) is 0 Å². The van der Waals surface area contributed by atoms with Crippen molar-refractivity contribution >= 4 is 23.0 Å². The van der Waals surface area contributed by atoms with Crippen molar-refractivity contribution in [2.24, 2.45) is 5.92 Å². The zero-order valence-corrected chi connectivity index (χ0v) is 8.48. The van der Waals surface area contributed by atoms with Crippen LogP contribution in [0.5, 0.6) is 0 Å². The van der Waals surface area contributed by atoms with Crippen LogP contribution >= 0.6 is 23.0 Å². The molecule has 4 heteroatoms. The summed E-state index contributed by atoms with van der Waals surface area (Å²) in [7, 11) is 0. The normalized spacial score (nSPS) is 49.6. The summed E-state index contributed by atoms with van der Waals surface area (Å²) in [4.78, 5) is 0. The van der Waals surface area contributed by atoms with E-state index in [2.05, 4.69) is 6.92 Å². The highest BCUT2D eigenvalue weighted by atomic mass is 127. The molecule has 0 aromatic rings. The topological polar surface area (TPSA) is 27.7 Å². The molecule has 2 heterocycles. The Morgan fingerprint density at radius 2 is 2.00 bits per heavy atom. The van der Waals surface area contributed by atoms with E-state index in [4.69, 9.17) is 12.5 Å². The van der Waals surface area contributed by atoms with E-state index in [1.807, 2.05) is 23.0 Å². The molecule has 11 heavy (non-hydrogen) atoms. The largest absolute Gasteiger partial charge is 0.372 e. The van der Waals surface area contributed by atoms with Crippen LogP contribution in [0.25, 0.3) is 0 Å². The van der Waals surface area contributed by atoms with Gasteiger partial charge < -0.3 is 12.5 Å². The molecule has 0 spiro atoms. The molecule has 0 saturated carbocycles. The minimum atomic E-state index is 0.144. The molecule has 0 amide bonds. The number of fused-ring (bicyclic) bond motifs is 1. The van der Waals surface area contributed by atoms with Crippen LogP contribution in [-0.2, 0) is 12.5 Å². The van der Waals surface area contributed by atoms with Crippen LogP contribution in [0.15, 0.2) is 0 Å². The molecule has 4 atom stereocenters. The average Bonchev–Trinajstić information content (AvgIpc) is 2.53. The summed E-state index contributed by atoms with van der Waals surface area (Å²) in [6.45, 7) is 3.65. The SMILES string of the molecule is CC1COC2C(OI)COC12. The summed E-state index contributed by atoms with van der Waals surface area (Å²) in [6.07, 6.45) is 0.599. The van der Waals surface area contributed by atoms with Crippen LogP contribution in [-0.4, -0.2) is 31.5 Å². The number of hydrogen-bond donors (Lipinski definition) is 0. The van der Waals surface area contributed by atoms with Gasteiger partial charge in [-0.3, -0.25) is 0 Å². The molecular formula is C7H11IO3. The van der Waals surface area contributed by atoms with E-state index >= 15 is 0 Å². The van der Waals surface area contributed by atoms with Crippen molar-refractivity contribution in [1.82, 2.24) is 0 Å². The fraction of sp³-hybridized carbons (Fsp3) is 1.00. The molecule has 0 bridgehead atoms. The second-order valence-electron chi connectivity index (χ2n) is 3.20. The van der Waals surface area contributed by atoms with Gasteiger partial charge in [-0.2, -0.15) is 0 Å².